The summed E-state index contributed by atoms with van der Waals surface area (Å²) in [5, 5.41) is 0. The van der Waals surface area contributed by atoms with Gasteiger partial charge >= 0.3 is 0 Å². The van der Waals surface area contributed by atoms with Crippen molar-refractivity contribution in [3.63, 3.8) is 0 Å². The van der Waals surface area contributed by atoms with E-state index in [1.807, 2.05) is 18.2 Å². The molecule has 1 atom stereocenters. The van der Waals surface area contributed by atoms with Gasteiger partial charge in [-0.15, -0.1) is 0 Å². The Morgan fingerprint density at radius 2 is 1.67 bits per heavy atom. The van der Waals surface area contributed by atoms with E-state index in [9.17, 15) is 18.8 Å². The van der Waals surface area contributed by atoms with Gasteiger partial charge in [0.2, 0.25) is 6.79 Å². The van der Waals surface area contributed by atoms with E-state index in [-0.39, 0.29) is 12.4 Å². The maximum atomic E-state index is 13.7. The molecule has 3 aromatic rings. The zero-order valence-electron chi connectivity index (χ0n) is 19.9. The molecule has 0 aliphatic carbocycles. The highest BCUT2D eigenvalue weighted by molar-refractivity contribution is 6.11. The monoisotopic (exact) mass is 491 g/mol. The molecule has 3 heterocycles. The van der Waals surface area contributed by atoms with E-state index in [1.165, 1.54) is 41.1 Å². The molecule has 8 nitrogen and oxygen atoms in total. The molecule has 0 unspecified atom stereocenters. The lowest BCUT2D eigenvalue weighted by molar-refractivity contribution is -0.135. The number of nitrogens with zero attached hydrogens (tertiary/aromatic N) is 3. The van der Waals surface area contributed by atoms with Crippen LogP contribution in [0.15, 0.2) is 65.6 Å². The number of pyridine rings is 1. The fourth-order valence-electron chi connectivity index (χ4n) is 4.54. The standard InChI is InChI=1S/C27H26FN3O5/c1-18-2-9-24(32)31(15-18)25(26(33)20-4-6-21(28)7-5-20)27(34)30-12-10-29(11-13-30)16-19-3-8-22-23(14-19)36-17-35-22/h2-9,14-15,25H,10-13,16-17H2,1H3/t25-/m1/s1. The summed E-state index contributed by atoms with van der Waals surface area (Å²) in [4.78, 5) is 43.6. The van der Waals surface area contributed by atoms with Gasteiger partial charge in [0.15, 0.2) is 23.3 Å². The van der Waals surface area contributed by atoms with Crippen LogP contribution in [-0.4, -0.2) is 59.0 Å². The fourth-order valence-corrected chi connectivity index (χ4v) is 4.54. The van der Waals surface area contributed by atoms with Crippen molar-refractivity contribution in [2.75, 3.05) is 33.0 Å². The number of ketones is 1. The summed E-state index contributed by atoms with van der Waals surface area (Å²) < 4.78 is 25.4. The van der Waals surface area contributed by atoms with Crippen molar-refractivity contribution >= 4 is 11.7 Å². The van der Waals surface area contributed by atoms with E-state index >= 15 is 0 Å². The van der Waals surface area contributed by atoms with Crippen LogP contribution >= 0.6 is 0 Å². The highest BCUT2D eigenvalue weighted by Gasteiger charge is 2.35. The summed E-state index contributed by atoms with van der Waals surface area (Å²) in [7, 11) is 0. The number of benzene rings is 2. The van der Waals surface area contributed by atoms with Gasteiger partial charge in [-0.25, -0.2) is 4.39 Å². The molecule has 0 N–H and O–H groups in total. The summed E-state index contributed by atoms with van der Waals surface area (Å²) >= 11 is 0. The Balaban J connectivity index is 1.33. The summed E-state index contributed by atoms with van der Waals surface area (Å²) in [6.07, 6.45) is 1.52. The minimum absolute atomic E-state index is 0.171. The molecule has 186 valence electrons. The molecular formula is C27H26FN3O5. The SMILES string of the molecule is Cc1ccc(=O)n([C@H](C(=O)c2ccc(F)cc2)C(=O)N2CCN(Cc3ccc4c(c3)OCO4)CC2)c1. The van der Waals surface area contributed by atoms with Gasteiger partial charge in [0.25, 0.3) is 11.5 Å². The first-order valence-electron chi connectivity index (χ1n) is 11.8. The quantitative estimate of drug-likeness (QED) is 0.390. The van der Waals surface area contributed by atoms with Crippen LogP contribution in [0.1, 0.15) is 27.5 Å². The minimum Gasteiger partial charge on any atom is -0.454 e. The molecular weight excluding hydrogens is 465 g/mol. The topological polar surface area (TPSA) is 81.1 Å². The van der Waals surface area contributed by atoms with Crippen LogP contribution in [-0.2, 0) is 11.3 Å². The Hall–Kier alpha value is -3.98. The molecule has 0 spiro atoms. The first-order chi connectivity index (χ1) is 17.4. The highest BCUT2D eigenvalue weighted by Crippen LogP contribution is 2.33. The molecule has 36 heavy (non-hydrogen) atoms. The maximum absolute atomic E-state index is 13.7. The van der Waals surface area contributed by atoms with Crippen LogP contribution in [0.2, 0.25) is 0 Å². The van der Waals surface area contributed by atoms with Crippen molar-refractivity contribution in [2.24, 2.45) is 0 Å². The van der Waals surface area contributed by atoms with Crippen molar-refractivity contribution in [3.8, 4) is 11.5 Å². The molecule has 2 aliphatic rings. The average molecular weight is 492 g/mol. The number of hydrogen-bond donors (Lipinski definition) is 0. The van der Waals surface area contributed by atoms with Crippen LogP contribution in [0.3, 0.4) is 0 Å². The molecule has 0 bridgehead atoms. The van der Waals surface area contributed by atoms with Crippen molar-refractivity contribution in [2.45, 2.75) is 19.5 Å². The van der Waals surface area contributed by atoms with Gasteiger partial charge in [-0.05, 0) is 54.4 Å². The number of hydrogen-bond acceptors (Lipinski definition) is 6. The zero-order chi connectivity index (χ0) is 25.2. The van der Waals surface area contributed by atoms with Crippen molar-refractivity contribution in [1.29, 1.82) is 0 Å². The number of Topliss-reactive ketones (excluding diaryl/α,β-unsaturated/α-hetero) is 1. The summed E-state index contributed by atoms with van der Waals surface area (Å²) in [6, 6.07) is 12.5. The predicted molar refractivity (Wildman–Crippen MR) is 130 cm³/mol. The van der Waals surface area contributed by atoms with Crippen LogP contribution < -0.4 is 15.0 Å². The van der Waals surface area contributed by atoms with E-state index in [1.54, 1.807) is 17.9 Å². The Kier molecular flexibility index (Phi) is 6.56. The number of fused-ring (bicyclic) bond motifs is 1. The van der Waals surface area contributed by atoms with Crippen LogP contribution in [0.5, 0.6) is 11.5 Å². The third-order valence-electron chi connectivity index (χ3n) is 6.50. The predicted octanol–water partition coefficient (Wildman–Crippen LogP) is 2.79. The molecule has 1 fully saturated rings. The van der Waals surface area contributed by atoms with Gasteiger partial charge in [-0.3, -0.25) is 23.9 Å². The largest absolute Gasteiger partial charge is 0.454 e. The highest BCUT2D eigenvalue weighted by atomic mass is 19.1. The van der Waals surface area contributed by atoms with Gasteiger partial charge in [0, 0.05) is 50.6 Å². The van der Waals surface area contributed by atoms with E-state index in [0.29, 0.717) is 32.7 Å². The van der Waals surface area contributed by atoms with Crippen molar-refractivity contribution in [3.05, 3.63) is 93.7 Å². The van der Waals surface area contributed by atoms with E-state index in [2.05, 4.69) is 4.90 Å². The lowest BCUT2D eigenvalue weighted by atomic mass is 10.0. The second-order valence-corrected chi connectivity index (χ2v) is 9.01. The molecule has 2 aromatic carbocycles. The van der Waals surface area contributed by atoms with Crippen molar-refractivity contribution < 1.29 is 23.5 Å². The second kappa shape index (κ2) is 9.94. The molecule has 2 aliphatic heterocycles. The number of ether oxygens (including phenoxy) is 2. The van der Waals surface area contributed by atoms with E-state index < -0.39 is 29.1 Å². The minimum atomic E-state index is -1.36. The molecule has 1 aromatic heterocycles. The number of halogens is 1. The number of carbonyl (C=O) groups is 2. The summed E-state index contributed by atoms with van der Waals surface area (Å²) in [6.45, 7) is 4.75. The lowest BCUT2D eigenvalue weighted by Crippen LogP contribution is -2.52. The van der Waals surface area contributed by atoms with Gasteiger partial charge < -0.3 is 14.4 Å². The van der Waals surface area contributed by atoms with Crippen LogP contribution in [0.25, 0.3) is 0 Å². The Morgan fingerprint density at radius 3 is 2.42 bits per heavy atom. The number of aryl methyl sites for hydroxylation is 1. The first-order valence-corrected chi connectivity index (χ1v) is 11.8. The van der Waals surface area contributed by atoms with Gasteiger partial charge in [-0.2, -0.15) is 0 Å². The first kappa shape index (κ1) is 23.7. The van der Waals surface area contributed by atoms with Gasteiger partial charge in [0.05, 0.1) is 0 Å². The van der Waals surface area contributed by atoms with Crippen LogP contribution in [0, 0.1) is 12.7 Å². The average Bonchev–Trinajstić information content (AvgIpc) is 3.35. The Bertz CT molecular complexity index is 1350. The van der Waals surface area contributed by atoms with Gasteiger partial charge in [-0.1, -0.05) is 12.1 Å². The Morgan fingerprint density at radius 1 is 0.944 bits per heavy atom. The van der Waals surface area contributed by atoms with E-state index in [0.717, 1.165) is 22.6 Å². The summed E-state index contributed by atoms with van der Waals surface area (Å²) in [5.74, 6) is -0.0135. The molecule has 1 saturated heterocycles. The molecule has 5 rings (SSSR count). The third kappa shape index (κ3) is 4.87. The third-order valence-corrected chi connectivity index (χ3v) is 6.50. The Labute approximate surface area is 207 Å². The lowest BCUT2D eigenvalue weighted by Gasteiger charge is -2.36. The normalized spacial score (nSPS) is 16.1. The molecule has 0 radical (unpaired) electrons. The van der Waals surface area contributed by atoms with Gasteiger partial charge in [0.1, 0.15) is 5.82 Å². The smallest absolute Gasteiger partial charge is 0.253 e. The fraction of sp³-hybridized carbons (Fsp3) is 0.296. The number of aromatic nitrogens is 1. The zero-order valence-corrected chi connectivity index (χ0v) is 19.9. The molecule has 1 amide bonds. The molecule has 9 heteroatoms. The molecule has 0 saturated carbocycles. The number of carbonyl (C=O) groups excluding carboxylic acids is 2. The van der Waals surface area contributed by atoms with Crippen LogP contribution in [0.4, 0.5) is 4.39 Å². The second-order valence-electron chi connectivity index (χ2n) is 9.01. The van der Waals surface area contributed by atoms with Crippen molar-refractivity contribution in [1.82, 2.24) is 14.4 Å². The van der Waals surface area contributed by atoms with E-state index in [4.69, 9.17) is 9.47 Å². The number of piperazine rings is 1. The number of rotatable bonds is 6. The number of amides is 1. The summed E-state index contributed by atoms with van der Waals surface area (Å²) in [5.41, 5.74) is 1.54. The maximum Gasteiger partial charge on any atom is 0.253 e.